The minimum atomic E-state index is -2.60. The third-order valence-electron chi connectivity index (χ3n) is 14.6. The predicted molar refractivity (Wildman–Crippen MR) is 269 cm³/mol. The number of hydrogen-bond donors (Lipinski definition) is 0. The Bertz CT molecular complexity index is 3100. The molecule has 296 valence electrons. The minimum absolute atomic E-state index is 0.0995. The monoisotopic (exact) mass is 825 g/mol. The summed E-state index contributed by atoms with van der Waals surface area (Å²) in [7, 11) is -4.51. The van der Waals surface area contributed by atoms with Gasteiger partial charge in [0, 0.05) is 22.5 Å². The maximum absolute atomic E-state index is 2.60. The Morgan fingerprint density at radius 3 is 1.53 bits per heavy atom. The second-order valence-corrected chi connectivity index (χ2v) is 26.5. The van der Waals surface area contributed by atoms with Crippen LogP contribution in [0.4, 0.5) is 17.1 Å². The Labute approximate surface area is 367 Å². The van der Waals surface area contributed by atoms with E-state index >= 15 is 0 Å². The molecule has 0 radical (unpaired) electrons. The van der Waals surface area contributed by atoms with Gasteiger partial charge < -0.3 is 4.90 Å². The molecule has 0 aromatic heterocycles. The number of nitrogens with zero attached hydrogens (tertiary/aromatic N) is 1. The topological polar surface area (TPSA) is 3.24 Å². The van der Waals surface area contributed by atoms with Gasteiger partial charge in [0.2, 0.25) is 0 Å². The van der Waals surface area contributed by atoms with Crippen molar-refractivity contribution in [1.29, 1.82) is 0 Å². The zero-order valence-corrected chi connectivity index (χ0v) is 37.7. The van der Waals surface area contributed by atoms with Crippen LogP contribution in [0.5, 0.6) is 0 Å². The maximum Gasteiger partial charge on any atom is 0.180 e. The van der Waals surface area contributed by atoms with Crippen LogP contribution in [0.15, 0.2) is 212 Å². The van der Waals surface area contributed by atoms with Crippen LogP contribution in [0.1, 0.15) is 25.0 Å². The van der Waals surface area contributed by atoms with Crippen LogP contribution in [-0.4, -0.2) is 16.1 Å². The van der Waals surface area contributed by atoms with Crippen molar-refractivity contribution in [1.82, 2.24) is 0 Å². The van der Waals surface area contributed by atoms with Crippen molar-refractivity contribution in [2.45, 2.75) is 32.4 Å². The molecule has 62 heavy (non-hydrogen) atoms. The summed E-state index contributed by atoms with van der Waals surface area (Å²) in [5, 5.41) is 8.82. The Morgan fingerprint density at radius 1 is 0.339 bits per heavy atom. The first-order chi connectivity index (χ1) is 30.3. The van der Waals surface area contributed by atoms with E-state index in [2.05, 4.69) is 244 Å². The normalized spacial score (nSPS) is 15.2. The number of anilines is 3. The second kappa shape index (κ2) is 13.6. The van der Waals surface area contributed by atoms with E-state index in [0.717, 1.165) is 5.69 Å². The lowest BCUT2D eigenvalue weighted by Crippen LogP contribution is -2.72. The third-order valence-corrected chi connectivity index (χ3v) is 23.0. The second-order valence-electron chi connectivity index (χ2n) is 18.5. The molecule has 3 aliphatic rings. The zero-order chi connectivity index (χ0) is 41.8. The summed E-state index contributed by atoms with van der Waals surface area (Å²) in [4.78, 5) is 2.50. The molecule has 9 aromatic rings. The lowest BCUT2D eigenvalue weighted by atomic mass is 9.82. The van der Waals surface area contributed by atoms with E-state index in [9.17, 15) is 0 Å². The number of fused-ring (bicyclic) bond motifs is 9. The fraction of sp³-hybridized carbons (Fsp3) is 0.0847. The summed E-state index contributed by atoms with van der Waals surface area (Å²) in [6, 6.07) is 80.8. The zero-order valence-electron chi connectivity index (χ0n) is 35.7. The van der Waals surface area contributed by atoms with E-state index in [0.29, 0.717) is 0 Å². The lowest BCUT2D eigenvalue weighted by Gasteiger charge is -2.31. The van der Waals surface area contributed by atoms with E-state index in [4.69, 9.17) is 0 Å². The van der Waals surface area contributed by atoms with Gasteiger partial charge in [-0.05, 0) is 123 Å². The van der Waals surface area contributed by atoms with Gasteiger partial charge in [-0.15, -0.1) is 0 Å². The predicted octanol–water partition coefficient (Wildman–Crippen LogP) is 11.3. The molecule has 1 nitrogen and oxygen atoms in total. The summed E-state index contributed by atoms with van der Waals surface area (Å²) >= 11 is 0. The van der Waals surface area contributed by atoms with E-state index < -0.39 is 16.1 Å². The Kier molecular flexibility index (Phi) is 8.12. The van der Waals surface area contributed by atoms with Crippen molar-refractivity contribution in [3.63, 3.8) is 0 Å². The van der Waals surface area contributed by atoms with Crippen molar-refractivity contribution >= 4 is 64.3 Å². The van der Waals surface area contributed by atoms with Crippen molar-refractivity contribution in [3.05, 3.63) is 223 Å². The van der Waals surface area contributed by atoms with Crippen molar-refractivity contribution in [3.8, 4) is 44.5 Å². The van der Waals surface area contributed by atoms with Gasteiger partial charge in [0.1, 0.15) is 8.07 Å². The van der Waals surface area contributed by atoms with Gasteiger partial charge in [-0.3, -0.25) is 0 Å². The quantitative estimate of drug-likeness (QED) is 0.151. The summed E-state index contributed by atoms with van der Waals surface area (Å²) in [6.07, 6.45) is 0. The number of benzene rings is 9. The molecule has 1 aliphatic carbocycles. The molecule has 0 saturated carbocycles. The SMILES string of the molecule is CC1(C)c2ccccc2-c2ccc(N(c3ccc(-c4cccc([Si]5(c6ccccc6)c6ccccc6-c6ccccc65)c4)cc3)c3ccc4c(c3)[Si](C)(C)c3ccccc3-4)cc21. The Balaban J connectivity index is 0.994. The molecule has 0 spiro atoms. The van der Waals surface area contributed by atoms with E-state index in [-0.39, 0.29) is 5.41 Å². The summed E-state index contributed by atoms with van der Waals surface area (Å²) in [5.41, 5.74) is 16.9. The molecule has 0 bridgehead atoms. The molecule has 0 unspecified atom stereocenters. The molecule has 0 N–H and O–H groups in total. The molecule has 3 heteroatoms. The molecule has 12 rings (SSSR count). The van der Waals surface area contributed by atoms with Gasteiger partial charge in [-0.25, -0.2) is 0 Å². The average molecular weight is 826 g/mol. The van der Waals surface area contributed by atoms with Crippen molar-refractivity contribution < 1.29 is 0 Å². The maximum atomic E-state index is 2.51. The summed E-state index contributed by atoms with van der Waals surface area (Å²) in [5.74, 6) is 0. The van der Waals surface area contributed by atoms with Crippen LogP contribution < -0.4 is 36.0 Å². The molecule has 0 fully saturated rings. The standard InChI is InChI=1S/C59H47NSi2/c1-59(2)53-25-12-8-21-47(53)48-35-33-43(38-54(48)59)60(44-34-36-52-49-22-9-13-26-55(49)61(3,4)58(52)39-44)42-31-29-40(30-32-42)41-17-16-20-46(37-41)62(45-18-6-5-7-19-45)56-27-14-10-23-50(56)51-24-11-15-28-57(51)62/h5-39H,1-4H3. The molecule has 9 aromatic carbocycles. The average Bonchev–Trinajstić information content (AvgIpc) is 3.84. The molecule has 2 heterocycles. The van der Waals surface area contributed by atoms with Crippen molar-refractivity contribution in [2.75, 3.05) is 4.90 Å². The fourth-order valence-electron chi connectivity index (χ4n) is 11.6. The van der Waals surface area contributed by atoms with E-state index in [1.165, 1.54) is 98.1 Å². The minimum Gasteiger partial charge on any atom is -0.310 e. The first kappa shape index (κ1) is 37.0. The summed E-state index contributed by atoms with van der Waals surface area (Å²) < 4.78 is 0. The van der Waals surface area contributed by atoms with Gasteiger partial charge in [0.05, 0.1) is 0 Å². The van der Waals surface area contributed by atoms with Gasteiger partial charge >= 0.3 is 0 Å². The van der Waals surface area contributed by atoms with E-state index in [1.54, 1.807) is 0 Å². The van der Waals surface area contributed by atoms with Gasteiger partial charge in [-0.2, -0.15) is 0 Å². The van der Waals surface area contributed by atoms with Gasteiger partial charge in [-0.1, -0.05) is 203 Å². The molecule has 0 saturated heterocycles. The first-order valence-corrected chi connectivity index (χ1v) is 27.0. The Morgan fingerprint density at radius 2 is 0.839 bits per heavy atom. The van der Waals surface area contributed by atoms with E-state index in [1.807, 2.05) is 0 Å². The third kappa shape index (κ3) is 5.19. The first-order valence-electron chi connectivity index (χ1n) is 22.0. The highest BCUT2D eigenvalue weighted by molar-refractivity contribution is 7.22. The van der Waals surface area contributed by atoms with Crippen LogP contribution in [0.3, 0.4) is 0 Å². The lowest BCUT2D eigenvalue weighted by molar-refractivity contribution is 0.660. The van der Waals surface area contributed by atoms with Gasteiger partial charge in [0.15, 0.2) is 8.07 Å². The molecule has 2 aliphatic heterocycles. The molecule has 0 atom stereocenters. The highest BCUT2D eigenvalue weighted by Gasteiger charge is 2.48. The smallest absolute Gasteiger partial charge is 0.180 e. The Hall–Kier alpha value is -6.79. The molecule has 0 amide bonds. The van der Waals surface area contributed by atoms with Crippen LogP contribution >= 0.6 is 0 Å². The molecular formula is C59H47NSi2. The van der Waals surface area contributed by atoms with Gasteiger partial charge in [0.25, 0.3) is 0 Å². The van der Waals surface area contributed by atoms with Crippen LogP contribution in [0.25, 0.3) is 44.5 Å². The largest absolute Gasteiger partial charge is 0.310 e. The highest BCUT2D eigenvalue weighted by atomic mass is 28.3. The summed E-state index contributed by atoms with van der Waals surface area (Å²) in [6.45, 7) is 9.78. The van der Waals surface area contributed by atoms with Crippen LogP contribution in [-0.2, 0) is 5.41 Å². The number of rotatable bonds is 6. The van der Waals surface area contributed by atoms with Crippen molar-refractivity contribution in [2.24, 2.45) is 0 Å². The number of hydrogen-bond acceptors (Lipinski definition) is 1. The highest BCUT2D eigenvalue weighted by Crippen LogP contribution is 2.51. The molecular weight excluding hydrogens is 779 g/mol. The van der Waals surface area contributed by atoms with Crippen LogP contribution in [0, 0.1) is 0 Å². The fourth-order valence-corrected chi connectivity index (χ4v) is 19.9. The van der Waals surface area contributed by atoms with Crippen LogP contribution in [0.2, 0.25) is 13.1 Å².